The van der Waals surface area contributed by atoms with Gasteiger partial charge in [-0.2, -0.15) is 0 Å². The van der Waals surface area contributed by atoms with E-state index >= 15 is 0 Å². The van der Waals surface area contributed by atoms with Gasteiger partial charge in [-0.1, -0.05) is 17.7 Å². The second kappa shape index (κ2) is 6.18. The Hall–Kier alpha value is -1.70. The van der Waals surface area contributed by atoms with Crippen LogP contribution in [0.2, 0.25) is 5.02 Å². The van der Waals surface area contributed by atoms with Crippen LogP contribution in [-0.2, 0) is 9.84 Å². The number of sulfone groups is 1. The van der Waals surface area contributed by atoms with Gasteiger partial charge in [0.25, 0.3) is 5.91 Å². The van der Waals surface area contributed by atoms with Crippen LogP contribution in [0.1, 0.15) is 10.4 Å². The van der Waals surface area contributed by atoms with Crippen molar-refractivity contribution >= 4 is 38.2 Å². The number of halogens is 1. The Balaban J connectivity index is 1.71. The van der Waals surface area contributed by atoms with Crippen LogP contribution in [0.5, 0.6) is 0 Å². The molecule has 1 amide bonds. The van der Waals surface area contributed by atoms with Crippen LogP contribution < -0.4 is 0 Å². The molecule has 26 heavy (non-hydrogen) atoms. The number of hydrogen-bond acceptors (Lipinski definition) is 5. The summed E-state index contributed by atoms with van der Waals surface area (Å²) in [6.45, 7) is 0.654. The molecule has 0 radical (unpaired) electrons. The van der Waals surface area contributed by atoms with Gasteiger partial charge in [0.15, 0.2) is 9.84 Å². The van der Waals surface area contributed by atoms with E-state index in [9.17, 15) is 13.2 Å². The van der Waals surface area contributed by atoms with Crippen molar-refractivity contribution in [3.05, 3.63) is 41.0 Å². The van der Waals surface area contributed by atoms with Crippen molar-refractivity contribution in [3.63, 3.8) is 0 Å². The van der Waals surface area contributed by atoms with E-state index in [0.29, 0.717) is 28.0 Å². The summed E-state index contributed by atoms with van der Waals surface area (Å²) in [5.74, 6) is -0.127. The van der Waals surface area contributed by atoms with Crippen LogP contribution in [0.15, 0.2) is 30.5 Å². The number of carbonyl (C=O) groups is 1. The Bertz CT molecular complexity index is 992. The Morgan fingerprint density at radius 3 is 2.77 bits per heavy atom. The summed E-state index contributed by atoms with van der Waals surface area (Å²) in [5.41, 5.74) is 1.09. The van der Waals surface area contributed by atoms with Crippen LogP contribution in [0.25, 0.3) is 10.9 Å². The second-order valence-electron chi connectivity index (χ2n) is 7.27. The van der Waals surface area contributed by atoms with E-state index < -0.39 is 15.1 Å². The Morgan fingerprint density at radius 1 is 1.27 bits per heavy atom. The first-order valence-corrected chi connectivity index (χ1v) is 10.6. The highest BCUT2D eigenvalue weighted by atomic mass is 35.5. The molecule has 0 saturated carbocycles. The van der Waals surface area contributed by atoms with Crippen molar-refractivity contribution in [1.82, 2.24) is 14.8 Å². The lowest BCUT2D eigenvalue weighted by molar-refractivity contribution is 0.0781. The molecule has 0 N–H and O–H groups in total. The third kappa shape index (κ3) is 2.69. The van der Waals surface area contributed by atoms with Gasteiger partial charge in [-0.25, -0.2) is 8.42 Å². The summed E-state index contributed by atoms with van der Waals surface area (Å²) in [4.78, 5) is 21.1. The zero-order valence-electron chi connectivity index (χ0n) is 14.6. The lowest BCUT2D eigenvalue weighted by Crippen LogP contribution is -2.38. The highest BCUT2D eigenvalue weighted by Crippen LogP contribution is 2.37. The molecule has 1 aromatic heterocycles. The summed E-state index contributed by atoms with van der Waals surface area (Å²) in [6.07, 6.45) is 1.67. The lowest BCUT2D eigenvalue weighted by Gasteiger charge is -2.25. The molecule has 0 bridgehead atoms. The van der Waals surface area contributed by atoms with Gasteiger partial charge in [0.05, 0.1) is 27.1 Å². The Labute approximate surface area is 157 Å². The molecular formula is C18H20ClN3O3S. The summed E-state index contributed by atoms with van der Waals surface area (Å²) >= 11 is 6.33. The molecule has 2 saturated heterocycles. The SMILES string of the molecule is CN(C)[C@@H]1CS(=O)(=O)[C@H]2CN(C(=O)c3c(Cl)ccc4ncccc34)C[C@@H]12. The summed E-state index contributed by atoms with van der Waals surface area (Å²) < 4.78 is 25.1. The average Bonchev–Trinajstić information content (AvgIpc) is 3.14. The maximum absolute atomic E-state index is 13.2. The number of aromatic nitrogens is 1. The molecule has 2 fully saturated rings. The molecule has 1 aromatic carbocycles. The fourth-order valence-electron chi connectivity index (χ4n) is 4.23. The van der Waals surface area contributed by atoms with E-state index in [1.54, 1.807) is 29.3 Å². The lowest BCUT2D eigenvalue weighted by atomic mass is 10.00. The minimum atomic E-state index is -3.20. The van der Waals surface area contributed by atoms with E-state index in [1.165, 1.54) is 0 Å². The molecule has 3 atom stereocenters. The fourth-order valence-corrected chi connectivity index (χ4v) is 6.95. The molecule has 6 nitrogen and oxygen atoms in total. The van der Waals surface area contributed by atoms with E-state index in [2.05, 4.69) is 4.98 Å². The highest BCUT2D eigenvalue weighted by molar-refractivity contribution is 7.92. The molecule has 0 unspecified atom stereocenters. The van der Waals surface area contributed by atoms with Crippen LogP contribution in [0.4, 0.5) is 0 Å². The first-order chi connectivity index (χ1) is 12.3. The number of fused-ring (bicyclic) bond motifs is 2. The van der Waals surface area contributed by atoms with Crippen molar-refractivity contribution < 1.29 is 13.2 Å². The van der Waals surface area contributed by atoms with Gasteiger partial charge in [0.2, 0.25) is 0 Å². The van der Waals surface area contributed by atoms with Gasteiger partial charge in [0.1, 0.15) is 0 Å². The predicted molar refractivity (Wildman–Crippen MR) is 101 cm³/mol. The third-order valence-electron chi connectivity index (χ3n) is 5.57. The van der Waals surface area contributed by atoms with Gasteiger partial charge in [-0.3, -0.25) is 9.78 Å². The predicted octanol–water partition coefficient (Wildman–Crippen LogP) is 1.69. The maximum atomic E-state index is 13.2. The summed E-state index contributed by atoms with van der Waals surface area (Å²) in [7, 11) is 0.578. The van der Waals surface area contributed by atoms with Crippen molar-refractivity contribution in [3.8, 4) is 0 Å². The number of benzene rings is 1. The van der Waals surface area contributed by atoms with Crippen LogP contribution in [-0.4, -0.2) is 73.3 Å². The van der Waals surface area contributed by atoms with Gasteiger partial charge < -0.3 is 9.80 Å². The second-order valence-corrected chi connectivity index (χ2v) is 9.94. The molecule has 0 aliphatic carbocycles. The average molecular weight is 394 g/mol. The van der Waals surface area contributed by atoms with Crippen LogP contribution in [0, 0.1) is 5.92 Å². The molecule has 8 heteroatoms. The third-order valence-corrected chi connectivity index (χ3v) is 8.11. The van der Waals surface area contributed by atoms with Gasteiger partial charge >= 0.3 is 0 Å². The van der Waals surface area contributed by atoms with E-state index in [-0.39, 0.29) is 30.2 Å². The normalized spacial score (nSPS) is 27.2. The number of hydrogen-bond donors (Lipinski definition) is 0. The molecule has 138 valence electrons. The minimum absolute atomic E-state index is 0.0625. The molecule has 2 aliphatic rings. The molecule has 3 heterocycles. The first-order valence-electron chi connectivity index (χ1n) is 8.50. The number of rotatable bonds is 2. The molecule has 4 rings (SSSR count). The van der Waals surface area contributed by atoms with Gasteiger partial charge in [-0.15, -0.1) is 0 Å². The highest BCUT2D eigenvalue weighted by Gasteiger charge is 2.53. The van der Waals surface area contributed by atoms with E-state index in [1.807, 2.05) is 25.1 Å². The molecule has 2 aromatic rings. The molecular weight excluding hydrogens is 374 g/mol. The molecule has 2 aliphatic heterocycles. The van der Waals surface area contributed by atoms with E-state index in [4.69, 9.17) is 11.6 Å². The number of pyridine rings is 1. The number of carbonyl (C=O) groups excluding carboxylic acids is 1. The number of nitrogens with zero attached hydrogens (tertiary/aromatic N) is 3. The summed E-state index contributed by atoms with van der Waals surface area (Å²) in [5, 5.41) is 0.555. The largest absolute Gasteiger partial charge is 0.337 e. The molecule has 0 spiro atoms. The smallest absolute Gasteiger partial charge is 0.256 e. The standard InChI is InChI=1S/C18H20ClN3O3S/c1-21(2)15-10-26(24,25)16-9-22(8-12(15)16)18(23)17-11-4-3-7-20-14(11)6-5-13(17)19/h3-7,12,15-16H,8-10H2,1-2H3/t12-,15+,16-/m0/s1. The van der Waals surface area contributed by atoms with Crippen molar-refractivity contribution in [1.29, 1.82) is 0 Å². The first kappa shape index (κ1) is 17.7. The number of amides is 1. The van der Waals surface area contributed by atoms with Gasteiger partial charge in [-0.05, 0) is 32.3 Å². The topological polar surface area (TPSA) is 70.6 Å². The van der Waals surface area contributed by atoms with Crippen LogP contribution in [0.3, 0.4) is 0 Å². The van der Waals surface area contributed by atoms with Crippen molar-refractivity contribution in [2.24, 2.45) is 5.92 Å². The summed E-state index contributed by atoms with van der Waals surface area (Å²) in [6, 6.07) is 6.96. The minimum Gasteiger partial charge on any atom is -0.337 e. The Morgan fingerprint density at radius 2 is 2.04 bits per heavy atom. The maximum Gasteiger partial charge on any atom is 0.256 e. The fraction of sp³-hybridized carbons (Fsp3) is 0.444. The van der Waals surface area contributed by atoms with Gasteiger partial charge in [0, 0.05) is 36.6 Å². The quantitative estimate of drug-likeness (QED) is 0.776. The van der Waals surface area contributed by atoms with Crippen LogP contribution >= 0.6 is 11.6 Å². The monoisotopic (exact) mass is 393 g/mol. The van der Waals surface area contributed by atoms with E-state index in [0.717, 1.165) is 0 Å². The zero-order chi connectivity index (χ0) is 18.6. The number of likely N-dealkylation sites (tertiary alicyclic amines) is 1. The van der Waals surface area contributed by atoms with Crippen molar-refractivity contribution in [2.45, 2.75) is 11.3 Å². The Kier molecular flexibility index (Phi) is 4.21. The zero-order valence-corrected chi connectivity index (χ0v) is 16.2. The van der Waals surface area contributed by atoms with Crippen molar-refractivity contribution in [2.75, 3.05) is 32.9 Å².